The minimum Gasteiger partial charge on any atom is -0.504 e. The molecule has 9 atom stereocenters. The second kappa shape index (κ2) is 17.1. The van der Waals surface area contributed by atoms with Gasteiger partial charge in [-0.15, -0.1) is 0 Å². The molecule has 0 amide bonds. The lowest BCUT2D eigenvalue weighted by Crippen LogP contribution is -2.63. The van der Waals surface area contributed by atoms with Crippen LogP contribution in [0.1, 0.15) is 11.1 Å². The molecule has 280 valence electrons. The molecule has 51 heavy (non-hydrogen) atoms. The minimum atomic E-state index is -2.50. The molecule has 2 aliphatic heterocycles. The summed E-state index contributed by atoms with van der Waals surface area (Å²) < 4.78 is 42.6. The first-order chi connectivity index (χ1) is 24.3. The zero-order valence-electron chi connectivity index (χ0n) is 27.6. The number of methoxy groups -OCH3 is 3. The number of rotatable bonds is 14. The van der Waals surface area contributed by atoms with E-state index in [4.69, 9.17) is 37.9 Å². The van der Waals surface area contributed by atoms with Crippen LogP contribution < -0.4 is 14.2 Å². The van der Waals surface area contributed by atoms with E-state index in [-0.39, 0.29) is 28.7 Å². The lowest BCUT2D eigenvalue weighted by atomic mass is 9.99. The second-order valence-corrected chi connectivity index (χ2v) is 11.3. The summed E-state index contributed by atoms with van der Waals surface area (Å²) in [5.41, 5.74) is 0.803. The number of ether oxygens (including phenoxy) is 8. The predicted molar refractivity (Wildman–Crippen MR) is 170 cm³/mol. The molecule has 2 aromatic carbocycles. The molecule has 18 heteroatoms. The summed E-state index contributed by atoms with van der Waals surface area (Å²) in [6.45, 7) is -2.65. The summed E-state index contributed by atoms with van der Waals surface area (Å²) in [6, 6.07) is 7.08. The molecule has 0 bridgehead atoms. The standard InChI is InChI=1S/C33H40O18/c1-44-19-10-16(4-7-18(19)36)5-8-24(37)47-14-23-27(40)29(42)30(43)32(48-23)51-33(15-35)31(28(41)22(13-34)50-33)49-25(38)9-6-17-11-20(45-2)26(39)21(12-17)46-3/h4-12,22-23,27-32,34-36,39-43H,13-15H2,1-3H3. The van der Waals surface area contributed by atoms with Crippen LogP contribution >= 0.6 is 0 Å². The highest BCUT2D eigenvalue weighted by Crippen LogP contribution is 2.39. The number of benzene rings is 2. The van der Waals surface area contributed by atoms with Crippen molar-refractivity contribution < 1.29 is 88.3 Å². The van der Waals surface area contributed by atoms with Gasteiger partial charge < -0.3 is 78.7 Å². The number of aromatic hydroxyl groups is 2. The van der Waals surface area contributed by atoms with Gasteiger partial charge in [0.2, 0.25) is 11.5 Å². The number of hydrogen-bond acceptors (Lipinski definition) is 18. The van der Waals surface area contributed by atoms with Gasteiger partial charge in [0.05, 0.1) is 27.9 Å². The molecule has 0 aliphatic carbocycles. The Balaban J connectivity index is 1.48. The van der Waals surface area contributed by atoms with E-state index in [2.05, 4.69) is 0 Å². The molecule has 2 aromatic rings. The summed E-state index contributed by atoms with van der Waals surface area (Å²) in [7, 11) is 3.97. The van der Waals surface area contributed by atoms with Gasteiger partial charge in [0.1, 0.15) is 49.8 Å². The number of esters is 2. The third-order valence-corrected chi connectivity index (χ3v) is 8.02. The van der Waals surface area contributed by atoms with Gasteiger partial charge in [-0.3, -0.25) is 0 Å². The Morgan fingerprint density at radius 1 is 0.784 bits per heavy atom. The molecule has 2 heterocycles. The van der Waals surface area contributed by atoms with E-state index in [1.165, 1.54) is 63.8 Å². The Kier molecular flexibility index (Phi) is 13.2. The smallest absolute Gasteiger partial charge is 0.331 e. The Morgan fingerprint density at radius 3 is 2.00 bits per heavy atom. The first-order valence-corrected chi connectivity index (χ1v) is 15.3. The van der Waals surface area contributed by atoms with Gasteiger partial charge in [-0.1, -0.05) is 6.07 Å². The molecule has 8 N–H and O–H groups in total. The first kappa shape index (κ1) is 39.3. The zero-order chi connectivity index (χ0) is 37.5. The van der Waals surface area contributed by atoms with Gasteiger partial charge in [0, 0.05) is 12.2 Å². The monoisotopic (exact) mass is 724 g/mol. The summed E-state index contributed by atoms with van der Waals surface area (Å²) in [5, 5.41) is 82.7. The van der Waals surface area contributed by atoms with Crippen LogP contribution in [0.25, 0.3) is 12.2 Å². The van der Waals surface area contributed by atoms with Crippen molar-refractivity contribution in [3.05, 3.63) is 53.6 Å². The number of hydrogen-bond donors (Lipinski definition) is 8. The van der Waals surface area contributed by atoms with Gasteiger partial charge in [-0.2, -0.15) is 0 Å². The van der Waals surface area contributed by atoms with Crippen LogP contribution in [0.15, 0.2) is 42.5 Å². The highest BCUT2D eigenvalue weighted by molar-refractivity contribution is 5.88. The molecular formula is C33H40O18. The third-order valence-electron chi connectivity index (χ3n) is 8.02. The van der Waals surface area contributed by atoms with Crippen molar-refractivity contribution in [2.24, 2.45) is 0 Å². The fraction of sp³-hybridized carbons (Fsp3) is 0.455. The molecule has 9 unspecified atom stereocenters. The molecule has 18 nitrogen and oxygen atoms in total. The Labute approximate surface area is 290 Å². The predicted octanol–water partition coefficient (Wildman–Crippen LogP) is -1.43. The molecule has 2 saturated heterocycles. The molecule has 0 saturated carbocycles. The Hall–Kier alpha value is -4.50. The van der Waals surface area contributed by atoms with E-state index in [1.807, 2.05) is 0 Å². The van der Waals surface area contributed by atoms with Crippen molar-refractivity contribution >= 4 is 24.1 Å². The van der Waals surface area contributed by atoms with Crippen molar-refractivity contribution in [3.63, 3.8) is 0 Å². The zero-order valence-corrected chi connectivity index (χ0v) is 27.6. The number of phenols is 2. The van der Waals surface area contributed by atoms with Crippen LogP contribution in [0.4, 0.5) is 0 Å². The van der Waals surface area contributed by atoms with Gasteiger partial charge >= 0.3 is 11.9 Å². The summed E-state index contributed by atoms with van der Waals surface area (Å²) >= 11 is 0. The van der Waals surface area contributed by atoms with Gasteiger partial charge in [0.15, 0.2) is 35.4 Å². The van der Waals surface area contributed by atoms with Crippen LogP contribution in [-0.4, -0.2) is 149 Å². The maximum Gasteiger partial charge on any atom is 0.331 e. The third kappa shape index (κ3) is 8.87. The number of phenolic OH excluding ortho intramolecular Hbond substituents is 2. The molecule has 0 aromatic heterocycles. The van der Waals surface area contributed by atoms with E-state index in [1.54, 1.807) is 0 Å². The van der Waals surface area contributed by atoms with Crippen molar-refractivity contribution in [2.75, 3.05) is 41.2 Å². The highest BCUT2D eigenvalue weighted by atomic mass is 16.8. The summed E-state index contributed by atoms with van der Waals surface area (Å²) in [4.78, 5) is 25.3. The number of carbonyl (C=O) groups excluding carboxylic acids is 2. The maximum atomic E-state index is 12.9. The van der Waals surface area contributed by atoms with Crippen LogP contribution in [0, 0.1) is 0 Å². The normalized spacial score (nSPS) is 29.3. The topological polar surface area (TPSA) is 270 Å². The van der Waals surface area contributed by atoms with Crippen LogP contribution in [0.5, 0.6) is 28.7 Å². The fourth-order valence-corrected chi connectivity index (χ4v) is 5.27. The van der Waals surface area contributed by atoms with Crippen molar-refractivity contribution in [1.29, 1.82) is 0 Å². The number of aliphatic hydroxyl groups excluding tert-OH is 6. The van der Waals surface area contributed by atoms with E-state index in [9.17, 15) is 50.4 Å². The van der Waals surface area contributed by atoms with Crippen molar-refractivity contribution in [3.8, 4) is 28.7 Å². The number of carbonyl (C=O) groups is 2. The quantitative estimate of drug-likeness (QED) is 0.0819. The number of aliphatic hydroxyl groups is 6. The Morgan fingerprint density at radius 2 is 1.39 bits per heavy atom. The largest absolute Gasteiger partial charge is 0.504 e. The maximum absolute atomic E-state index is 12.9. The SMILES string of the molecule is COc1cc(C=CC(=O)OCC2OC(OC3(CO)OC(CO)C(O)C3OC(=O)C=Cc3cc(OC)c(O)c(OC)c3)C(O)C(O)C2O)ccc1O. The van der Waals surface area contributed by atoms with Crippen LogP contribution in [-0.2, 0) is 33.3 Å². The first-order valence-electron chi connectivity index (χ1n) is 15.3. The lowest BCUT2D eigenvalue weighted by molar-refractivity contribution is -0.383. The molecular weight excluding hydrogens is 684 g/mol. The second-order valence-electron chi connectivity index (χ2n) is 11.3. The summed E-state index contributed by atoms with van der Waals surface area (Å²) in [5.74, 6) is -4.64. The molecule has 2 aliphatic rings. The highest BCUT2D eigenvalue weighted by Gasteiger charge is 2.60. The van der Waals surface area contributed by atoms with Crippen molar-refractivity contribution in [1.82, 2.24) is 0 Å². The van der Waals surface area contributed by atoms with Gasteiger partial charge in [0.25, 0.3) is 0 Å². The van der Waals surface area contributed by atoms with E-state index >= 15 is 0 Å². The lowest BCUT2D eigenvalue weighted by Gasteiger charge is -2.43. The Bertz CT molecular complexity index is 1550. The molecule has 4 rings (SSSR count). The molecule has 2 fully saturated rings. The average Bonchev–Trinajstić information content (AvgIpc) is 3.39. The minimum absolute atomic E-state index is 0.0403. The van der Waals surface area contributed by atoms with Gasteiger partial charge in [-0.25, -0.2) is 9.59 Å². The average molecular weight is 725 g/mol. The van der Waals surface area contributed by atoms with E-state index < -0.39 is 86.6 Å². The fourth-order valence-electron chi connectivity index (χ4n) is 5.27. The molecule has 0 radical (unpaired) electrons. The van der Waals surface area contributed by atoms with Crippen LogP contribution in [0.3, 0.4) is 0 Å². The van der Waals surface area contributed by atoms with Gasteiger partial charge in [-0.05, 0) is 47.5 Å². The molecule has 0 spiro atoms. The summed E-state index contributed by atoms with van der Waals surface area (Å²) in [6.07, 6.45) is -9.78. The van der Waals surface area contributed by atoms with E-state index in [0.29, 0.717) is 11.1 Å². The van der Waals surface area contributed by atoms with Crippen molar-refractivity contribution in [2.45, 2.75) is 54.8 Å². The van der Waals surface area contributed by atoms with Crippen LogP contribution in [0.2, 0.25) is 0 Å². The van der Waals surface area contributed by atoms with E-state index in [0.717, 1.165) is 12.2 Å².